The Morgan fingerprint density at radius 2 is 1.96 bits per heavy atom. The van der Waals surface area contributed by atoms with Gasteiger partial charge < -0.3 is 20.3 Å². The summed E-state index contributed by atoms with van der Waals surface area (Å²) in [6, 6.07) is 7.22. The monoisotopic (exact) mass is 347 g/mol. The van der Waals surface area contributed by atoms with Gasteiger partial charge in [-0.1, -0.05) is 19.1 Å². The topological polar surface area (TPSA) is 70.7 Å². The first-order valence-electron chi connectivity index (χ1n) is 8.86. The zero-order valence-corrected chi connectivity index (χ0v) is 15.4. The maximum atomic E-state index is 12.8. The van der Waals surface area contributed by atoms with E-state index in [1.54, 1.807) is 31.2 Å². The van der Waals surface area contributed by atoms with E-state index in [-0.39, 0.29) is 17.2 Å². The number of piperidine rings is 1. The van der Waals surface area contributed by atoms with Crippen LogP contribution in [-0.2, 0) is 9.53 Å². The summed E-state index contributed by atoms with van der Waals surface area (Å²) in [6.45, 7) is 4.88. The molecule has 2 amide bonds. The first-order chi connectivity index (χ1) is 12.0. The summed E-state index contributed by atoms with van der Waals surface area (Å²) >= 11 is 0. The van der Waals surface area contributed by atoms with E-state index in [4.69, 9.17) is 4.74 Å². The maximum absolute atomic E-state index is 12.8. The van der Waals surface area contributed by atoms with Gasteiger partial charge in [0.25, 0.3) is 5.91 Å². The molecule has 0 radical (unpaired) electrons. The Kier molecular flexibility index (Phi) is 6.96. The third-order valence-corrected chi connectivity index (χ3v) is 4.93. The molecule has 6 nitrogen and oxygen atoms in total. The minimum atomic E-state index is -0.152. The van der Waals surface area contributed by atoms with Crippen LogP contribution in [0, 0.1) is 5.41 Å². The van der Waals surface area contributed by atoms with E-state index in [0.29, 0.717) is 30.8 Å². The number of hydrogen-bond acceptors (Lipinski definition) is 4. The summed E-state index contributed by atoms with van der Waals surface area (Å²) in [7, 11) is 3.41. The van der Waals surface area contributed by atoms with Gasteiger partial charge in [-0.05, 0) is 38.1 Å². The van der Waals surface area contributed by atoms with Crippen LogP contribution in [0.5, 0.6) is 0 Å². The number of amides is 2. The van der Waals surface area contributed by atoms with Crippen LogP contribution in [0.2, 0.25) is 0 Å². The molecule has 0 atom stereocenters. The Morgan fingerprint density at radius 1 is 1.28 bits per heavy atom. The standard InChI is InChI=1S/C19H29N3O3/c1-4-17(23)22(2)16-8-6-5-7-15(16)18(24)21-13-19(14-25-3)9-11-20-12-10-19/h5-8,20H,4,9-14H2,1-3H3,(H,21,24). The zero-order valence-electron chi connectivity index (χ0n) is 15.4. The molecule has 0 aromatic heterocycles. The molecule has 1 saturated heterocycles. The molecular weight excluding hydrogens is 318 g/mol. The predicted octanol–water partition coefficient (Wildman–Crippen LogP) is 1.81. The molecule has 2 rings (SSSR count). The summed E-state index contributed by atoms with van der Waals surface area (Å²) in [5.41, 5.74) is 1.13. The van der Waals surface area contributed by atoms with Crippen molar-refractivity contribution in [2.75, 3.05) is 45.3 Å². The Labute approximate surface area is 149 Å². The predicted molar refractivity (Wildman–Crippen MR) is 98.9 cm³/mol. The van der Waals surface area contributed by atoms with Crippen LogP contribution in [0.4, 0.5) is 5.69 Å². The normalized spacial score (nSPS) is 16.3. The van der Waals surface area contributed by atoms with Crippen molar-refractivity contribution in [2.24, 2.45) is 5.41 Å². The van der Waals surface area contributed by atoms with Crippen molar-refractivity contribution in [3.8, 4) is 0 Å². The van der Waals surface area contributed by atoms with Crippen LogP contribution in [0.3, 0.4) is 0 Å². The van der Waals surface area contributed by atoms with Gasteiger partial charge in [0, 0.05) is 32.5 Å². The van der Waals surface area contributed by atoms with Crippen LogP contribution in [0.1, 0.15) is 36.5 Å². The molecule has 1 fully saturated rings. The number of nitrogens with one attached hydrogen (secondary N) is 2. The van der Waals surface area contributed by atoms with Gasteiger partial charge in [-0.3, -0.25) is 9.59 Å². The van der Waals surface area contributed by atoms with E-state index in [2.05, 4.69) is 10.6 Å². The molecule has 1 aromatic carbocycles. The quantitative estimate of drug-likeness (QED) is 0.789. The second-order valence-electron chi connectivity index (χ2n) is 6.69. The van der Waals surface area contributed by atoms with E-state index in [9.17, 15) is 9.59 Å². The van der Waals surface area contributed by atoms with Gasteiger partial charge in [-0.2, -0.15) is 0 Å². The first-order valence-corrected chi connectivity index (χ1v) is 8.86. The Morgan fingerprint density at radius 3 is 2.60 bits per heavy atom. The van der Waals surface area contributed by atoms with E-state index in [1.807, 2.05) is 19.1 Å². The summed E-state index contributed by atoms with van der Waals surface area (Å²) in [6.07, 6.45) is 2.34. The molecule has 1 aromatic rings. The molecule has 1 heterocycles. The smallest absolute Gasteiger partial charge is 0.253 e. The number of nitrogens with zero attached hydrogens (tertiary/aromatic N) is 1. The lowest BCUT2D eigenvalue weighted by atomic mass is 9.79. The second-order valence-corrected chi connectivity index (χ2v) is 6.69. The molecule has 0 bridgehead atoms. The van der Waals surface area contributed by atoms with Crippen molar-refractivity contribution in [1.82, 2.24) is 10.6 Å². The number of para-hydroxylation sites is 1. The maximum Gasteiger partial charge on any atom is 0.253 e. The highest BCUT2D eigenvalue weighted by molar-refractivity contribution is 6.04. The summed E-state index contributed by atoms with van der Waals surface area (Å²) in [5, 5.41) is 6.41. The van der Waals surface area contributed by atoms with Crippen molar-refractivity contribution in [3.05, 3.63) is 29.8 Å². The number of methoxy groups -OCH3 is 1. The van der Waals surface area contributed by atoms with E-state index in [1.165, 1.54) is 0 Å². The van der Waals surface area contributed by atoms with Crippen molar-refractivity contribution < 1.29 is 14.3 Å². The number of anilines is 1. The third-order valence-electron chi connectivity index (χ3n) is 4.93. The van der Waals surface area contributed by atoms with Crippen molar-refractivity contribution in [2.45, 2.75) is 26.2 Å². The molecule has 2 N–H and O–H groups in total. The van der Waals surface area contributed by atoms with Crippen LogP contribution in [0.25, 0.3) is 0 Å². The number of carbonyl (C=O) groups excluding carboxylic acids is 2. The largest absolute Gasteiger partial charge is 0.384 e. The van der Waals surface area contributed by atoms with Gasteiger partial charge in [-0.15, -0.1) is 0 Å². The van der Waals surface area contributed by atoms with E-state index >= 15 is 0 Å². The number of carbonyl (C=O) groups is 2. The molecule has 1 aliphatic rings. The lowest BCUT2D eigenvalue weighted by Gasteiger charge is -2.37. The Hall–Kier alpha value is -1.92. The molecule has 138 valence electrons. The summed E-state index contributed by atoms with van der Waals surface area (Å²) in [4.78, 5) is 26.3. The molecule has 6 heteroatoms. The van der Waals surface area contributed by atoms with Gasteiger partial charge in [-0.25, -0.2) is 0 Å². The molecular formula is C19H29N3O3. The zero-order chi connectivity index (χ0) is 18.3. The Bertz CT molecular complexity index is 592. The lowest BCUT2D eigenvalue weighted by Crippen LogP contribution is -2.47. The van der Waals surface area contributed by atoms with Crippen LogP contribution in [-0.4, -0.2) is 52.2 Å². The fourth-order valence-electron chi connectivity index (χ4n) is 3.33. The fourth-order valence-corrected chi connectivity index (χ4v) is 3.33. The fraction of sp³-hybridized carbons (Fsp3) is 0.579. The average Bonchev–Trinajstić information content (AvgIpc) is 2.66. The minimum Gasteiger partial charge on any atom is -0.384 e. The van der Waals surface area contributed by atoms with Gasteiger partial charge in [0.15, 0.2) is 0 Å². The highest BCUT2D eigenvalue weighted by Gasteiger charge is 2.32. The third kappa shape index (κ3) is 4.80. The van der Waals surface area contributed by atoms with Gasteiger partial charge >= 0.3 is 0 Å². The van der Waals surface area contributed by atoms with Gasteiger partial charge in [0.05, 0.1) is 17.9 Å². The lowest BCUT2D eigenvalue weighted by molar-refractivity contribution is -0.118. The van der Waals surface area contributed by atoms with Crippen molar-refractivity contribution >= 4 is 17.5 Å². The van der Waals surface area contributed by atoms with Crippen LogP contribution in [0.15, 0.2) is 24.3 Å². The van der Waals surface area contributed by atoms with Gasteiger partial charge in [0.2, 0.25) is 5.91 Å². The number of rotatable bonds is 7. The molecule has 0 spiro atoms. The van der Waals surface area contributed by atoms with E-state index < -0.39 is 0 Å². The molecule has 25 heavy (non-hydrogen) atoms. The highest BCUT2D eigenvalue weighted by Crippen LogP contribution is 2.28. The summed E-state index contributed by atoms with van der Waals surface area (Å²) < 4.78 is 5.40. The van der Waals surface area contributed by atoms with Gasteiger partial charge in [0.1, 0.15) is 0 Å². The average molecular weight is 347 g/mol. The molecule has 0 aliphatic carbocycles. The first kappa shape index (κ1) is 19.4. The minimum absolute atomic E-state index is 0.0190. The van der Waals surface area contributed by atoms with Crippen molar-refractivity contribution in [3.63, 3.8) is 0 Å². The van der Waals surface area contributed by atoms with Crippen LogP contribution >= 0.6 is 0 Å². The number of ether oxygens (including phenoxy) is 1. The number of hydrogen-bond donors (Lipinski definition) is 2. The SMILES string of the molecule is CCC(=O)N(C)c1ccccc1C(=O)NCC1(COC)CCNCC1. The Balaban J connectivity index is 2.11. The van der Waals surface area contributed by atoms with Crippen LogP contribution < -0.4 is 15.5 Å². The second kappa shape index (κ2) is 8.97. The molecule has 0 unspecified atom stereocenters. The molecule has 0 saturated carbocycles. The van der Waals surface area contributed by atoms with Crippen molar-refractivity contribution in [1.29, 1.82) is 0 Å². The summed E-state index contributed by atoms with van der Waals surface area (Å²) in [5.74, 6) is -0.171. The highest BCUT2D eigenvalue weighted by atomic mass is 16.5. The number of benzene rings is 1. The molecule has 1 aliphatic heterocycles. The van der Waals surface area contributed by atoms with E-state index in [0.717, 1.165) is 25.9 Å².